The molecule has 1 aromatic heterocycles. The molecule has 0 amide bonds. The first-order valence-corrected chi connectivity index (χ1v) is 8.52. The number of hydrogen-bond acceptors (Lipinski definition) is 3. The number of ether oxygens (including phenoxy) is 1. The average molecular weight is 361 g/mol. The number of hydrogen-bond donors (Lipinski definition) is 0. The van der Waals surface area contributed by atoms with Crippen LogP contribution in [0.4, 0.5) is 0 Å². The molecule has 0 atom stereocenters. The van der Waals surface area contributed by atoms with Crippen LogP contribution in [0.1, 0.15) is 23.1 Å². The lowest BCUT2D eigenvalue weighted by atomic mass is 10.0. The van der Waals surface area contributed by atoms with E-state index >= 15 is 0 Å². The van der Waals surface area contributed by atoms with Gasteiger partial charge in [-0.2, -0.15) is 0 Å². The van der Waals surface area contributed by atoms with Crippen molar-refractivity contribution in [3.8, 4) is 5.75 Å². The lowest BCUT2D eigenvalue weighted by molar-refractivity contribution is 0.307. The Hall–Kier alpha value is -1.97. The second-order valence-electron chi connectivity index (χ2n) is 5.92. The third-order valence-corrected chi connectivity index (χ3v) is 4.87. The molecule has 0 bridgehead atoms. The maximum atomic E-state index is 11.9. The molecule has 1 heterocycles. The summed E-state index contributed by atoms with van der Waals surface area (Å²) < 4.78 is 11.2. The molecule has 3 aromatic rings. The minimum atomic E-state index is -0.378. The normalized spacial score (nSPS) is 13.2. The van der Waals surface area contributed by atoms with Gasteiger partial charge < -0.3 is 9.15 Å². The highest BCUT2D eigenvalue weighted by atomic mass is 35.5. The van der Waals surface area contributed by atoms with E-state index in [-0.39, 0.29) is 12.2 Å². The van der Waals surface area contributed by atoms with Gasteiger partial charge in [0.2, 0.25) is 0 Å². The first-order valence-electron chi connectivity index (χ1n) is 7.76. The fourth-order valence-electron chi connectivity index (χ4n) is 3.16. The van der Waals surface area contributed by atoms with Gasteiger partial charge in [0.05, 0.1) is 5.02 Å². The zero-order chi connectivity index (χ0) is 16.7. The summed E-state index contributed by atoms with van der Waals surface area (Å²) in [7, 11) is 0. The molecule has 24 heavy (non-hydrogen) atoms. The van der Waals surface area contributed by atoms with E-state index in [1.54, 1.807) is 18.2 Å². The minimum Gasteiger partial charge on any atom is -0.487 e. The monoisotopic (exact) mass is 360 g/mol. The Morgan fingerprint density at radius 2 is 1.83 bits per heavy atom. The molecule has 1 aliphatic rings. The fourth-order valence-corrected chi connectivity index (χ4v) is 3.49. The van der Waals surface area contributed by atoms with Gasteiger partial charge >= 0.3 is 5.63 Å². The van der Waals surface area contributed by atoms with Gasteiger partial charge in [-0.15, -0.1) is 0 Å². The van der Waals surface area contributed by atoms with E-state index in [0.29, 0.717) is 21.4 Å². The van der Waals surface area contributed by atoms with Gasteiger partial charge in [0.25, 0.3) is 0 Å². The van der Waals surface area contributed by atoms with Crippen molar-refractivity contribution < 1.29 is 9.15 Å². The van der Waals surface area contributed by atoms with Gasteiger partial charge in [-0.3, -0.25) is 0 Å². The number of fused-ring (bicyclic) bond motifs is 2. The highest BCUT2D eigenvalue weighted by molar-refractivity contribution is 6.34. The Morgan fingerprint density at radius 1 is 1.04 bits per heavy atom. The van der Waals surface area contributed by atoms with Crippen molar-refractivity contribution in [2.24, 2.45) is 0 Å². The molecule has 5 heteroatoms. The molecule has 3 nitrogen and oxygen atoms in total. The van der Waals surface area contributed by atoms with Crippen molar-refractivity contribution >= 4 is 34.2 Å². The number of halogens is 2. The van der Waals surface area contributed by atoms with Gasteiger partial charge in [0, 0.05) is 28.1 Å². The van der Waals surface area contributed by atoms with E-state index in [1.807, 2.05) is 6.07 Å². The molecule has 0 unspecified atom stereocenters. The van der Waals surface area contributed by atoms with Crippen molar-refractivity contribution in [1.29, 1.82) is 0 Å². The second kappa shape index (κ2) is 6.15. The van der Waals surface area contributed by atoms with E-state index in [4.69, 9.17) is 32.4 Å². The van der Waals surface area contributed by atoms with Crippen molar-refractivity contribution in [3.05, 3.63) is 73.6 Å². The van der Waals surface area contributed by atoms with Crippen molar-refractivity contribution in [2.75, 3.05) is 0 Å². The lowest BCUT2D eigenvalue weighted by Crippen LogP contribution is -2.05. The Kier molecular flexibility index (Phi) is 3.99. The van der Waals surface area contributed by atoms with Crippen LogP contribution in [0, 0.1) is 0 Å². The molecule has 0 radical (unpaired) electrons. The Morgan fingerprint density at radius 3 is 2.67 bits per heavy atom. The molecule has 4 rings (SSSR count). The van der Waals surface area contributed by atoms with Crippen LogP contribution < -0.4 is 10.4 Å². The van der Waals surface area contributed by atoms with Crippen LogP contribution in [0.5, 0.6) is 5.75 Å². The Bertz CT molecular complexity index is 992. The van der Waals surface area contributed by atoms with Gasteiger partial charge in [-0.05, 0) is 54.7 Å². The maximum absolute atomic E-state index is 11.9. The Balaban J connectivity index is 1.73. The second-order valence-corrected chi connectivity index (χ2v) is 6.77. The average Bonchev–Trinajstić information content (AvgIpc) is 3.00. The molecule has 0 aliphatic heterocycles. The van der Waals surface area contributed by atoms with Crippen LogP contribution in [0.15, 0.2) is 45.6 Å². The third-order valence-electron chi connectivity index (χ3n) is 4.32. The number of benzene rings is 2. The predicted molar refractivity (Wildman–Crippen MR) is 95.3 cm³/mol. The highest BCUT2D eigenvalue weighted by Crippen LogP contribution is 2.31. The summed E-state index contributed by atoms with van der Waals surface area (Å²) in [5.41, 5.74) is 3.60. The molecule has 0 fully saturated rings. The molecule has 0 N–H and O–H groups in total. The van der Waals surface area contributed by atoms with Crippen LogP contribution in [-0.2, 0) is 19.4 Å². The van der Waals surface area contributed by atoms with Gasteiger partial charge in [-0.1, -0.05) is 23.2 Å². The van der Waals surface area contributed by atoms with E-state index < -0.39 is 0 Å². The summed E-state index contributed by atoms with van der Waals surface area (Å²) in [6.07, 6.45) is 3.23. The van der Waals surface area contributed by atoms with Crippen LogP contribution in [-0.4, -0.2) is 0 Å². The van der Waals surface area contributed by atoms with Crippen molar-refractivity contribution in [2.45, 2.75) is 25.9 Å². The molecular formula is C19H14Cl2O3. The maximum Gasteiger partial charge on any atom is 0.336 e. The molecule has 1 aliphatic carbocycles. The van der Waals surface area contributed by atoms with Crippen molar-refractivity contribution in [1.82, 2.24) is 0 Å². The minimum absolute atomic E-state index is 0.223. The smallest absolute Gasteiger partial charge is 0.336 e. The van der Waals surface area contributed by atoms with Crippen LogP contribution >= 0.6 is 23.2 Å². The quantitative estimate of drug-likeness (QED) is 0.605. The summed E-state index contributed by atoms with van der Waals surface area (Å²) in [6.45, 7) is 0.223. The van der Waals surface area contributed by atoms with E-state index in [2.05, 4.69) is 6.07 Å². The standard InChI is InChI=1S/C19H14Cl2O3/c20-14-4-5-16(21)18(9-14)23-10-13-8-19(22)24-17-7-12-3-1-2-11(12)6-15(13)17/h4-9H,1-3,10H2. The van der Waals surface area contributed by atoms with Gasteiger partial charge in [0.1, 0.15) is 17.9 Å². The van der Waals surface area contributed by atoms with Crippen LogP contribution in [0.3, 0.4) is 0 Å². The Labute approximate surface area is 148 Å². The highest BCUT2D eigenvalue weighted by Gasteiger charge is 2.15. The molecule has 0 saturated carbocycles. The van der Waals surface area contributed by atoms with E-state index in [9.17, 15) is 4.79 Å². The van der Waals surface area contributed by atoms with Gasteiger partial charge in [0.15, 0.2) is 0 Å². The molecule has 2 aromatic carbocycles. The van der Waals surface area contributed by atoms with Crippen LogP contribution in [0.2, 0.25) is 10.0 Å². The molecular weight excluding hydrogens is 347 g/mol. The van der Waals surface area contributed by atoms with Gasteiger partial charge in [-0.25, -0.2) is 4.79 Å². The largest absolute Gasteiger partial charge is 0.487 e. The van der Waals surface area contributed by atoms with E-state index in [0.717, 1.165) is 30.2 Å². The molecule has 0 saturated heterocycles. The summed E-state index contributed by atoms with van der Waals surface area (Å²) in [5, 5.41) is 1.94. The first-order chi connectivity index (χ1) is 11.6. The first kappa shape index (κ1) is 15.6. The summed E-state index contributed by atoms with van der Waals surface area (Å²) in [4.78, 5) is 11.9. The third kappa shape index (κ3) is 2.90. The zero-order valence-electron chi connectivity index (χ0n) is 12.8. The number of aryl methyl sites for hydroxylation is 2. The zero-order valence-corrected chi connectivity index (χ0v) is 14.3. The predicted octanol–water partition coefficient (Wildman–Crippen LogP) is 5.17. The SMILES string of the molecule is O=c1cc(COc2cc(Cl)ccc2Cl)c2cc3c(cc2o1)CCC3. The molecule has 122 valence electrons. The van der Waals surface area contributed by atoms with E-state index in [1.165, 1.54) is 17.2 Å². The van der Waals surface area contributed by atoms with Crippen molar-refractivity contribution in [3.63, 3.8) is 0 Å². The molecule has 0 spiro atoms. The summed E-state index contributed by atoms with van der Waals surface area (Å²) in [6, 6.07) is 10.6. The summed E-state index contributed by atoms with van der Waals surface area (Å²) in [5.74, 6) is 0.492. The summed E-state index contributed by atoms with van der Waals surface area (Å²) >= 11 is 12.1. The fraction of sp³-hybridized carbons (Fsp3) is 0.211. The topological polar surface area (TPSA) is 39.4 Å². The van der Waals surface area contributed by atoms with Crippen LogP contribution in [0.25, 0.3) is 11.0 Å². The lowest BCUT2D eigenvalue weighted by Gasteiger charge is -2.11. The number of rotatable bonds is 3.